The van der Waals surface area contributed by atoms with Crippen molar-refractivity contribution in [3.63, 3.8) is 0 Å². The van der Waals surface area contributed by atoms with Crippen molar-refractivity contribution in [1.82, 2.24) is 4.90 Å². The molecule has 1 amide bonds. The number of nitrogens with zero attached hydrogens (tertiary/aromatic N) is 1. The summed E-state index contributed by atoms with van der Waals surface area (Å²) in [4.78, 5) is 13.4. The molecule has 2 bridgehead atoms. The Labute approximate surface area is 95.3 Å². The molecular formula is C11H19NO4. The second-order valence-corrected chi connectivity index (χ2v) is 5.48. The molecule has 92 valence electrons. The van der Waals surface area contributed by atoms with Gasteiger partial charge in [0.15, 0.2) is 0 Å². The Morgan fingerprint density at radius 1 is 1.44 bits per heavy atom. The Morgan fingerprint density at radius 2 is 2.12 bits per heavy atom. The van der Waals surface area contributed by atoms with E-state index in [-0.39, 0.29) is 18.3 Å². The lowest BCUT2D eigenvalue weighted by Crippen LogP contribution is -2.48. The van der Waals surface area contributed by atoms with E-state index < -0.39 is 11.7 Å². The molecule has 0 aromatic heterocycles. The minimum absolute atomic E-state index is 0.0405. The second kappa shape index (κ2) is 3.89. The van der Waals surface area contributed by atoms with Gasteiger partial charge in [0.05, 0.1) is 25.3 Å². The van der Waals surface area contributed by atoms with E-state index in [4.69, 9.17) is 9.47 Å². The van der Waals surface area contributed by atoms with Crippen LogP contribution in [0.1, 0.15) is 27.2 Å². The fourth-order valence-corrected chi connectivity index (χ4v) is 2.11. The number of rotatable bonds is 0. The van der Waals surface area contributed by atoms with Crippen LogP contribution in [0, 0.1) is 0 Å². The van der Waals surface area contributed by atoms with Crippen LogP contribution >= 0.6 is 0 Å². The molecule has 0 saturated carbocycles. The summed E-state index contributed by atoms with van der Waals surface area (Å²) in [5.74, 6) is 0. The van der Waals surface area contributed by atoms with E-state index in [2.05, 4.69) is 0 Å². The quantitative estimate of drug-likeness (QED) is 0.666. The van der Waals surface area contributed by atoms with Gasteiger partial charge in [0.1, 0.15) is 11.7 Å². The number of carbonyl (C=O) groups is 1. The van der Waals surface area contributed by atoms with Crippen LogP contribution in [0.3, 0.4) is 0 Å². The number of ether oxygens (including phenoxy) is 2. The van der Waals surface area contributed by atoms with Gasteiger partial charge >= 0.3 is 6.09 Å². The monoisotopic (exact) mass is 229 g/mol. The molecule has 2 aliphatic rings. The highest BCUT2D eigenvalue weighted by Gasteiger charge is 2.42. The molecule has 0 aromatic carbocycles. The minimum atomic E-state index is -0.479. The van der Waals surface area contributed by atoms with Gasteiger partial charge in [-0.2, -0.15) is 0 Å². The minimum Gasteiger partial charge on any atom is -0.444 e. The maximum absolute atomic E-state index is 11.8. The van der Waals surface area contributed by atoms with Crippen molar-refractivity contribution in [1.29, 1.82) is 0 Å². The lowest BCUT2D eigenvalue weighted by molar-refractivity contribution is -0.0642. The van der Waals surface area contributed by atoms with E-state index in [9.17, 15) is 9.90 Å². The zero-order valence-electron chi connectivity index (χ0n) is 9.97. The number of carbonyl (C=O) groups excluding carboxylic acids is 1. The van der Waals surface area contributed by atoms with Gasteiger partial charge in [0, 0.05) is 6.42 Å². The summed E-state index contributed by atoms with van der Waals surface area (Å²) in [6.45, 7) is 6.47. The van der Waals surface area contributed by atoms with E-state index >= 15 is 0 Å². The molecule has 2 rings (SSSR count). The fourth-order valence-electron chi connectivity index (χ4n) is 2.11. The zero-order valence-corrected chi connectivity index (χ0v) is 9.97. The van der Waals surface area contributed by atoms with Gasteiger partial charge in [0.2, 0.25) is 0 Å². The average molecular weight is 229 g/mol. The third-order valence-corrected chi connectivity index (χ3v) is 2.78. The van der Waals surface area contributed by atoms with Crippen molar-refractivity contribution < 1.29 is 19.4 Å². The van der Waals surface area contributed by atoms with Gasteiger partial charge in [-0.3, -0.25) is 0 Å². The molecule has 2 fully saturated rings. The normalized spacial score (nSPS) is 34.0. The van der Waals surface area contributed by atoms with Crippen molar-refractivity contribution in [3.8, 4) is 0 Å². The Hall–Kier alpha value is -0.810. The van der Waals surface area contributed by atoms with Gasteiger partial charge in [-0.1, -0.05) is 0 Å². The van der Waals surface area contributed by atoms with Crippen molar-refractivity contribution in [2.45, 2.75) is 51.1 Å². The zero-order chi connectivity index (χ0) is 11.9. The van der Waals surface area contributed by atoms with Gasteiger partial charge in [-0.15, -0.1) is 0 Å². The van der Waals surface area contributed by atoms with E-state index in [0.29, 0.717) is 19.5 Å². The van der Waals surface area contributed by atoms with Crippen molar-refractivity contribution in [2.75, 3.05) is 13.1 Å². The molecule has 0 spiro atoms. The van der Waals surface area contributed by atoms with E-state index in [1.807, 2.05) is 20.8 Å². The van der Waals surface area contributed by atoms with Crippen LogP contribution < -0.4 is 0 Å². The molecule has 5 heteroatoms. The second-order valence-electron chi connectivity index (χ2n) is 5.48. The Kier molecular flexibility index (Phi) is 2.84. The molecule has 0 unspecified atom stereocenters. The standard InChI is InChI=1S/C11H19NO4/c1-11(2,3)16-10(14)12-5-7-4-8(13)9(6-12)15-7/h7-9,13H,4-6H2,1-3H3/t7-,8-,9-/m1/s1. The summed E-state index contributed by atoms with van der Waals surface area (Å²) in [6.07, 6.45) is -0.436. The molecule has 16 heavy (non-hydrogen) atoms. The predicted octanol–water partition coefficient (Wildman–Crippen LogP) is 0.755. The first-order valence-corrected chi connectivity index (χ1v) is 5.66. The van der Waals surface area contributed by atoms with Gasteiger partial charge in [-0.05, 0) is 20.8 Å². The number of hydrogen-bond donors (Lipinski definition) is 1. The number of hydrogen-bond acceptors (Lipinski definition) is 4. The first-order chi connectivity index (χ1) is 7.35. The van der Waals surface area contributed by atoms with Crippen molar-refractivity contribution in [2.24, 2.45) is 0 Å². The summed E-state index contributed by atoms with van der Waals surface area (Å²) < 4.78 is 10.8. The lowest BCUT2D eigenvalue weighted by Gasteiger charge is -2.33. The van der Waals surface area contributed by atoms with Crippen LogP contribution in [0.2, 0.25) is 0 Å². The summed E-state index contributed by atoms with van der Waals surface area (Å²) in [7, 11) is 0. The molecule has 1 N–H and O–H groups in total. The molecule has 2 saturated heterocycles. The SMILES string of the molecule is CC(C)(C)OC(=O)N1C[C@H]2C[C@@H](O)[C@@H](C1)O2. The van der Waals surface area contributed by atoms with Crippen LogP contribution in [0.5, 0.6) is 0 Å². The maximum atomic E-state index is 11.8. The molecule has 0 aliphatic carbocycles. The van der Waals surface area contributed by atoms with Crippen LogP contribution in [0.4, 0.5) is 4.79 Å². The highest BCUT2D eigenvalue weighted by atomic mass is 16.6. The smallest absolute Gasteiger partial charge is 0.410 e. The van der Waals surface area contributed by atoms with E-state index in [0.717, 1.165) is 0 Å². The van der Waals surface area contributed by atoms with E-state index in [1.165, 1.54) is 0 Å². The average Bonchev–Trinajstić information content (AvgIpc) is 2.37. The van der Waals surface area contributed by atoms with Crippen molar-refractivity contribution in [3.05, 3.63) is 0 Å². The topological polar surface area (TPSA) is 59.0 Å². The van der Waals surface area contributed by atoms with E-state index in [1.54, 1.807) is 4.90 Å². The van der Waals surface area contributed by atoms with Crippen LogP contribution in [0.15, 0.2) is 0 Å². The Morgan fingerprint density at radius 3 is 2.69 bits per heavy atom. The molecular weight excluding hydrogens is 210 g/mol. The molecule has 5 nitrogen and oxygen atoms in total. The van der Waals surface area contributed by atoms with Crippen LogP contribution in [-0.4, -0.2) is 53.1 Å². The van der Waals surface area contributed by atoms with Crippen LogP contribution in [-0.2, 0) is 9.47 Å². The first-order valence-electron chi connectivity index (χ1n) is 5.66. The summed E-state index contributed by atoms with van der Waals surface area (Å²) in [5, 5.41) is 9.63. The highest BCUT2D eigenvalue weighted by Crippen LogP contribution is 2.27. The largest absolute Gasteiger partial charge is 0.444 e. The number of fused-ring (bicyclic) bond motifs is 2. The van der Waals surface area contributed by atoms with Gasteiger partial charge < -0.3 is 19.5 Å². The van der Waals surface area contributed by atoms with Gasteiger partial charge in [0.25, 0.3) is 0 Å². The molecule has 0 aromatic rings. The predicted molar refractivity (Wildman–Crippen MR) is 57.1 cm³/mol. The number of aliphatic hydroxyl groups excluding tert-OH is 1. The third-order valence-electron chi connectivity index (χ3n) is 2.78. The summed E-state index contributed by atoms with van der Waals surface area (Å²) >= 11 is 0. The molecule has 2 aliphatic heterocycles. The maximum Gasteiger partial charge on any atom is 0.410 e. The molecule has 0 radical (unpaired) electrons. The molecule has 2 heterocycles. The lowest BCUT2D eigenvalue weighted by atomic mass is 10.2. The summed E-state index contributed by atoms with van der Waals surface area (Å²) in [6, 6.07) is 0. The number of amides is 1. The highest BCUT2D eigenvalue weighted by molar-refractivity contribution is 5.68. The number of likely N-dealkylation sites (tertiary alicyclic amines) is 1. The van der Waals surface area contributed by atoms with Gasteiger partial charge in [-0.25, -0.2) is 4.79 Å². The Balaban J connectivity index is 1.94. The van der Waals surface area contributed by atoms with Crippen molar-refractivity contribution >= 4 is 6.09 Å². The first kappa shape index (κ1) is 11.7. The third kappa shape index (κ3) is 2.47. The molecule has 3 atom stereocenters. The summed E-state index contributed by atoms with van der Waals surface area (Å²) in [5.41, 5.74) is -0.479. The number of aliphatic hydroxyl groups is 1. The Bertz CT molecular complexity index is 284. The number of morpholine rings is 1. The van der Waals surface area contributed by atoms with Crippen LogP contribution in [0.25, 0.3) is 0 Å². The fraction of sp³-hybridized carbons (Fsp3) is 0.909.